The number of hydrogen-bond acceptors (Lipinski definition) is 3. The number of aryl methyl sites for hydroxylation is 1. The van der Waals surface area contributed by atoms with E-state index in [1.54, 1.807) is 13.0 Å². The first-order valence-electron chi connectivity index (χ1n) is 3.73. The zero-order valence-corrected chi connectivity index (χ0v) is 10.7. The molecule has 0 saturated carbocycles. The molecule has 2 N–H and O–H groups in total. The second kappa shape index (κ2) is 4.03. The molecule has 0 bridgehead atoms. The number of nitrogens with two attached hydrogens (primary N) is 1. The van der Waals surface area contributed by atoms with Gasteiger partial charge in [-0.15, -0.1) is 0 Å². The van der Waals surface area contributed by atoms with Gasteiger partial charge in [0.25, 0.3) is 0 Å². The third-order valence-electron chi connectivity index (χ3n) is 1.76. The number of ether oxygens (including phenoxy) is 1. The highest BCUT2D eigenvalue weighted by Crippen LogP contribution is 2.26. The zero-order valence-electron chi connectivity index (χ0n) is 7.74. The normalized spacial score (nSPS) is 11.4. The molecule has 0 unspecified atom stereocenters. The van der Waals surface area contributed by atoms with Gasteiger partial charge in [0.1, 0.15) is 5.75 Å². The fourth-order valence-corrected chi connectivity index (χ4v) is 2.72. The van der Waals surface area contributed by atoms with E-state index in [1.807, 2.05) is 0 Å². The third kappa shape index (κ3) is 2.37. The maximum Gasteiger partial charge on any atom is 0.238 e. The summed E-state index contributed by atoms with van der Waals surface area (Å²) in [6, 6.07) is 3.16. The summed E-state index contributed by atoms with van der Waals surface area (Å²) in [5.74, 6) is 0.514. The van der Waals surface area contributed by atoms with Gasteiger partial charge in [0.15, 0.2) is 0 Å². The van der Waals surface area contributed by atoms with Crippen molar-refractivity contribution in [2.45, 2.75) is 11.8 Å². The predicted octanol–water partition coefficient (Wildman–Crippen LogP) is 1.26. The highest BCUT2D eigenvalue weighted by atomic mass is 127. The Morgan fingerprint density at radius 2 is 2.00 bits per heavy atom. The van der Waals surface area contributed by atoms with Crippen LogP contribution in [0.15, 0.2) is 17.0 Å². The third-order valence-corrected chi connectivity index (χ3v) is 3.65. The van der Waals surface area contributed by atoms with Crippen molar-refractivity contribution >= 4 is 32.6 Å². The van der Waals surface area contributed by atoms with Crippen LogP contribution in [0, 0.1) is 10.5 Å². The van der Waals surface area contributed by atoms with E-state index in [0.717, 1.165) is 3.57 Å². The number of rotatable bonds is 2. The van der Waals surface area contributed by atoms with Crippen LogP contribution in [-0.4, -0.2) is 15.5 Å². The number of halogens is 1. The van der Waals surface area contributed by atoms with Crippen LogP contribution in [0.4, 0.5) is 0 Å². The highest BCUT2D eigenvalue weighted by molar-refractivity contribution is 14.1. The first-order chi connectivity index (χ1) is 6.36. The second-order valence-corrected chi connectivity index (χ2v) is 5.49. The van der Waals surface area contributed by atoms with Gasteiger partial charge in [0.2, 0.25) is 10.0 Å². The van der Waals surface area contributed by atoms with Crippen LogP contribution in [0.3, 0.4) is 0 Å². The van der Waals surface area contributed by atoms with E-state index < -0.39 is 10.0 Å². The van der Waals surface area contributed by atoms with Crippen molar-refractivity contribution in [3.05, 3.63) is 21.3 Å². The van der Waals surface area contributed by atoms with Gasteiger partial charge in [0, 0.05) is 6.07 Å². The Balaban J connectivity index is 3.47. The molecule has 0 aliphatic rings. The SMILES string of the molecule is COc1cc(S(N)(=O)=O)c(C)cc1I. The largest absolute Gasteiger partial charge is 0.496 e. The van der Waals surface area contributed by atoms with Crippen LogP contribution in [0.25, 0.3) is 0 Å². The Bertz CT molecular complexity index is 456. The molecule has 0 atom stereocenters. The topological polar surface area (TPSA) is 69.4 Å². The summed E-state index contributed by atoms with van der Waals surface area (Å²) in [6.45, 7) is 1.70. The van der Waals surface area contributed by atoms with Crippen LogP contribution in [0.2, 0.25) is 0 Å². The lowest BCUT2D eigenvalue weighted by molar-refractivity contribution is 0.410. The number of methoxy groups -OCH3 is 1. The fourth-order valence-electron chi connectivity index (χ4n) is 1.10. The molecule has 0 amide bonds. The molecule has 0 aliphatic heterocycles. The lowest BCUT2D eigenvalue weighted by Crippen LogP contribution is -2.14. The Morgan fingerprint density at radius 3 is 2.43 bits per heavy atom. The quantitative estimate of drug-likeness (QED) is 0.832. The van der Waals surface area contributed by atoms with E-state index in [1.165, 1.54) is 13.2 Å². The van der Waals surface area contributed by atoms with Gasteiger partial charge in [-0.1, -0.05) is 0 Å². The van der Waals surface area contributed by atoms with E-state index in [-0.39, 0.29) is 4.90 Å². The van der Waals surface area contributed by atoms with Crippen molar-refractivity contribution in [1.29, 1.82) is 0 Å². The standard InChI is InChI=1S/C8H10INO3S/c1-5-3-6(9)7(13-2)4-8(5)14(10,11)12/h3-4H,1-2H3,(H2,10,11,12). The van der Waals surface area contributed by atoms with Gasteiger partial charge in [-0.2, -0.15) is 0 Å². The van der Waals surface area contributed by atoms with E-state index in [4.69, 9.17) is 9.88 Å². The van der Waals surface area contributed by atoms with Gasteiger partial charge >= 0.3 is 0 Å². The van der Waals surface area contributed by atoms with Gasteiger partial charge in [0.05, 0.1) is 15.6 Å². The number of benzene rings is 1. The Labute approximate surface area is 96.6 Å². The Morgan fingerprint density at radius 1 is 1.43 bits per heavy atom. The molecule has 4 nitrogen and oxygen atoms in total. The molecule has 0 saturated heterocycles. The lowest BCUT2D eigenvalue weighted by Gasteiger charge is -2.08. The Kier molecular flexibility index (Phi) is 3.38. The summed E-state index contributed by atoms with van der Waals surface area (Å²) >= 11 is 2.07. The van der Waals surface area contributed by atoms with E-state index in [0.29, 0.717) is 11.3 Å². The van der Waals surface area contributed by atoms with Crippen molar-refractivity contribution in [3.63, 3.8) is 0 Å². The number of sulfonamides is 1. The summed E-state index contributed by atoms with van der Waals surface area (Å²) in [5, 5.41) is 5.05. The van der Waals surface area contributed by atoms with Crippen LogP contribution in [0.5, 0.6) is 5.75 Å². The highest BCUT2D eigenvalue weighted by Gasteiger charge is 2.14. The smallest absolute Gasteiger partial charge is 0.238 e. The van der Waals surface area contributed by atoms with Gasteiger partial charge in [-0.3, -0.25) is 0 Å². The molecule has 1 aromatic rings. The summed E-state index contributed by atoms with van der Waals surface area (Å²) in [7, 11) is -2.18. The minimum absolute atomic E-state index is 0.106. The van der Waals surface area contributed by atoms with Crippen LogP contribution in [-0.2, 0) is 10.0 Å². The van der Waals surface area contributed by atoms with Crippen molar-refractivity contribution < 1.29 is 13.2 Å². The number of primary sulfonamides is 1. The number of hydrogen-bond donors (Lipinski definition) is 1. The maximum absolute atomic E-state index is 11.2. The van der Waals surface area contributed by atoms with Crippen LogP contribution < -0.4 is 9.88 Å². The Hall–Kier alpha value is -0.340. The predicted molar refractivity (Wildman–Crippen MR) is 61.8 cm³/mol. The van der Waals surface area contributed by atoms with Crippen molar-refractivity contribution in [1.82, 2.24) is 0 Å². The molecule has 1 rings (SSSR count). The maximum atomic E-state index is 11.2. The van der Waals surface area contributed by atoms with Crippen molar-refractivity contribution in [2.75, 3.05) is 7.11 Å². The molecule has 0 fully saturated rings. The first kappa shape index (κ1) is 11.7. The molecule has 1 aromatic carbocycles. The van der Waals surface area contributed by atoms with Gasteiger partial charge < -0.3 is 4.74 Å². The average molecular weight is 327 g/mol. The minimum Gasteiger partial charge on any atom is -0.496 e. The summed E-state index contributed by atoms with van der Waals surface area (Å²) in [4.78, 5) is 0.106. The molecule has 6 heteroatoms. The molecule has 0 aliphatic carbocycles. The zero-order chi connectivity index (χ0) is 10.9. The fraction of sp³-hybridized carbons (Fsp3) is 0.250. The monoisotopic (exact) mass is 327 g/mol. The van der Waals surface area contributed by atoms with E-state index in [9.17, 15) is 8.42 Å². The van der Waals surface area contributed by atoms with Gasteiger partial charge in [-0.05, 0) is 41.1 Å². The molecule has 78 valence electrons. The van der Waals surface area contributed by atoms with E-state index in [2.05, 4.69) is 22.6 Å². The van der Waals surface area contributed by atoms with Crippen molar-refractivity contribution in [3.8, 4) is 5.75 Å². The summed E-state index contributed by atoms with van der Waals surface area (Å²) in [6.07, 6.45) is 0. The first-order valence-corrected chi connectivity index (χ1v) is 6.35. The van der Waals surface area contributed by atoms with Crippen LogP contribution in [0.1, 0.15) is 5.56 Å². The summed E-state index contributed by atoms with van der Waals surface area (Å²) in [5.41, 5.74) is 0.623. The average Bonchev–Trinajstić information content (AvgIpc) is 2.02. The second-order valence-electron chi connectivity index (χ2n) is 2.80. The lowest BCUT2D eigenvalue weighted by atomic mass is 10.2. The van der Waals surface area contributed by atoms with Gasteiger partial charge in [-0.25, -0.2) is 13.6 Å². The molecule has 0 radical (unpaired) electrons. The van der Waals surface area contributed by atoms with Crippen molar-refractivity contribution in [2.24, 2.45) is 5.14 Å². The molecule has 0 heterocycles. The summed E-state index contributed by atoms with van der Waals surface area (Å²) < 4.78 is 28.2. The minimum atomic E-state index is -3.67. The molecular weight excluding hydrogens is 317 g/mol. The molecule has 0 aromatic heterocycles. The molecule has 14 heavy (non-hydrogen) atoms. The molecular formula is C8H10INO3S. The van der Waals surface area contributed by atoms with E-state index >= 15 is 0 Å². The van der Waals surface area contributed by atoms with Crippen LogP contribution >= 0.6 is 22.6 Å². The molecule has 0 spiro atoms.